The van der Waals surface area contributed by atoms with Crippen LogP contribution in [0.1, 0.15) is 31.3 Å². The van der Waals surface area contributed by atoms with E-state index in [0.717, 1.165) is 5.69 Å². The summed E-state index contributed by atoms with van der Waals surface area (Å²) in [6, 6.07) is 0. The van der Waals surface area contributed by atoms with Crippen LogP contribution in [0.25, 0.3) is 0 Å². The van der Waals surface area contributed by atoms with Gasteiger partial charge in [0.15, 0.2) is 0 Å². The van der Waals surface area contributed by atoms with Gasteiger partial charge in [-0.3, -0.25) is 0 Å². The molecule has 4 nitrogen and oxygen atoms in total. The van der Waals surface area contributed by atoms with Crippen LogP contribution in [0.3, 0.4) is 0 Å². The van der Waals surface area contributed by atoms with Crippen molar-refractivity contribution < 1.29 is 0 Å². The van der Waals surface area contributed by atoms with E-state index in [4.69, 9.17) is 5.73 Å². The summed E-state index contributed by atoms with van der Waals surface area (Å²) >= 11 is 0. The number of nitrogens with two attached hydrogens (primary N) is 1. The maximum atomic E-state index is 5.61. The highest BCUT2D eigenvalue weighted by atomic mass is 15.2. The van der Waals surface area contributed by atoms with Crippen molar-refractivity contribution in [1.82, 2.24) is 15.2 Å². The van der Waals surface area contributed by atoms with E-state index in [1.165, 1.54) is 0 Å². The summed E-state index contributed by atoms with van der Waals surface area (Å²) in [5.41, 5.74) is 6.38. The standard InChI is InChI=1S/C7H12N4/c1-4(2)6-7(8)9-5(3)10-11-6/h4H,1-3H3,(H2,8,9,10). The van der Waals surface area contributed by atoms with Gasteiger partial charge < -0.3 is 5.73 Å². The Labute approximate surface area is 65.9 Å². The van der Waals surface area contributed by atoms with Crippen LogP contribution < -0.4 is 5.73 Å². The minimum absolute atomic E-state index is 0.288. The quantitative estimate of drug-likeness (QED) is 0.649. The third kappa shape index (κ3) is 1.63. The number of rotatable bonds is 1. The van der Waals surface area contributed by atoms with Crippen LogP contribution in [0.4, 0.5) is 5.82 Å². The van der Waals surface area contributed by atoms with Crippen LogP contribution in [-0.2, 0) is 0 Å². The molecule has 60 valence electrons. The van der Waals surface area contributed by atoms with Crippen molar-refractivity contribution >= 4 is 5.82 Å². The molecule has 0 aliphatic carbocycles. The second kappa shape index (κ2) is 2.82. The fourth-order valence-electron chi connectivity index (χ4n) is 0.843. The van der Waals surface area contributed by atoms with Gasteiger partial charge >= 0.3 is 0 Å². The van der Waals surface area contributed by atoms with Crippen molar-refractivity contribution in [2.45, 2.75) is 26.7 Å². The predicted molar refractivity (Wildman–Crippen MR) is 43.1 cm³/mol. The molecule has 0 saturated heterocycles. The van der Waals surface area contributed by atoms with E-state index in [1.54, 1.807) is 6.92 Å². The van der Waals surface area contributed by atoms with Crippen LogP contribution in [-0.4, -0.2) is 15.2 Å². The largest absolute Gasteiger partial charge is 0.382 e. The molecule has 2 N–H and O–H groups in total. The molecule has 0 aliphatic rings. The lowest BCUT2D eigenvalue weighted by Gasteiger charge is -2.05. The number of aromatic nitrogens is 3. The van der Waals surface area contributed by atoms with Gasteiger partial charge in [-0.1, -0.05) is 13.8 Å². The van der Waals surface area contributed by atoms with E-state index < -0.39 is 0 Å². The van der Waals surface area contributed by atoms with Crippen molar-refractivity contribution in [2.75, 3.05) is 5.73 Å². The Balaban J connectivity index is 3.09. The molecule has 0 unspecified atom stereocenters. The minimum Gasteiger partial charge on any atom is -0.382 e. The number of aryl methyl sites for hydroxylation is 1. The second-order valence-electron chi connectivity index (χ2n) is 2.78. The molecule has 1 aromatic heterocycles. The molecule has 0 radical (unpaired) electrons. The molecule has 0 fully saturated rings. The van der Waals surface area contributed by atoms with Gasteiger partial charge in [0, 0.05) is 5.92 Å². The molecule has 0 atom stereocenters. The molecule has 0 amide bonds. The van der Waals surface area contributed by atoms with Crippen molar-refractivity contribution in [3.63, 3.8) is 0 Å². The molecular formula is C7H12N4. The number of hydrogen-bond acceptors (Lipinski definition) is 4. The third-order valence-electron chi connectivity index (χ3n) is 1.39. The van der Waals surface area contributed by atoms with Crippen molar-refractivity contribution in [3.05, 3.63) is 11.5 Å². The molecule has 0 spiro atoms. The van der Waals surface area contributed by atoms with E-state index >= 15 is 0 Å². The fraction of sp³-hybridized carbons (Fsp3) is 0.571. The number of anilines is 1. The average molecular weight is 152 g/mol. The lowest BCUT2D eigenvalue weighted by molar-refractivity contribution is 0.759. The number of hydrogen-bond donors (Lipinski definition) is 1. The molecule has 0 aliphatic heterocycles. The highest BCUT2D eigenvalue weighted by Crippen LogP contribution is 2.14. The summed E-state index contributed by atoms with van der Waals surface area (Å²) in [5.74, 6) is 1.40. The highest BCUT2D eigenvalue weighted by Gasteiger charge is 2.07. The molecule has 1 heterocycles. The normalized spacial score (nSPS) is 10.5. The summed E-state index contributed by atoms with van der Waals surface area (Å²) in [7, 11) is 0. The Morgan fingerprint density at radius 2 is 1.91 bits per heavy atom. The molecule has 1 aromatic rings. The van der Waals surface area contributed by atoms with Crippen LogP contribution >= 0.6 is 0 Å². The molecule has 1 rings (SSSR count). The van der Waals surface area contributed by atoms with Crippen LogP contribution in [0.2, 0.25) is 0 Å². The van der Waals surface area contributed by atoms with E-state index in [1.807, 2.05) is 13.8 Å². The summed E-state index contributed by atoms with van der Waals surface area (Å²) in [6.07, 6.45) is 0. The van der Waals surface area contributed by atoms with Gasteiger partial charge in [0.25, 0.3) is 0 Å². The first-order valence-electron chi connectivity index (χ1n) is 3.58. The SMILES string of the molecule is Cc1nnc(C(C)C)c(N)n1. The summed E-state index contributed by atoms with van der Waals surface area (Å²) in [6.45, 7) is 5.79. The van der Waals surface area contributed by atoms with Gasteiger partial charge in [-0.15, -0.1) is 10.2 Å². The average Bonchev–Trinajstić information content (AvgIpc) is 1.85. The zero-order chi connectivity index (χ0) is 8.43. The fourth-order valence-corrected chi connectivity index (χ4v) is 0.843. The zero-order valence-corrected chi connectivity index (χ0v) is 7.00. The lowest BCUT2D eigenvalue weighted by Crippen LogP contribution is -2.06. The Morgan fingerprint density at radius 3 is 2.36 bits per heavy atom. The Hall–Kier alpha value is -1.19. The lowest BCUT2D eigenvalue weighted by atomic mass is 10.1. The van der Waals surface area contributed by atoms with Crippen LogP contribution in [0.5, 0.6) is 0 Å². The summed E-state index contributed by atoms with van der Waals surface area (Å²) in [4.78, 5) is 4.00. The smallest absolute Gasteiger partial charge is 0.150 e. The van der Waals surface area contributed by atoms with Gasteiger partial charge in [0.2, 0.25) is 0 Å². The second-order valence-corrected chi connectivity index (χ2v) is 2.78. The van der Waals surface area contributed by atoms with Crippen molar-refractivity contribution in [3.8, 4) is 0 Å². The third-order valence-corrected chi connectivity index (χ3v) is 1.39. The Bertz CT molecular complexity index is 257. The Morgan fingerprint density at radius 1 is 1.27 bits per heavy atom. The Kier molecular flexibility index (Phi) is 2.03. The number of nitrogen functional groups attached to an aromatic ring is 1. The molecule has 11 heavy (non-hydrogen) atoms. The van der Waals surface area contributed by atoms with Crippen LogP contribution in [0.15, 0.2) is 0 Å². The number of nitrogens with zero attached hydrogens (tertiary/aromatic N) is 3. The van der Waals surface area contributed by atoms with Gasteiger partial charge in [0.05, 0.1) is 0 Å². The zero-order valence-electron chi connectivity index (χ0n) is 7.00. The maximum Gasteiger partial charge on any atom is 0.150 e. The summed E-state index contributed by atoms with van der Waals surface area (Å²) < 4.78 is 0. The maximum absolute atomic E-state index is 5.61. The van der Waals surface area contributed by atoms with Gasteiger partial charge in [-0.2, -0.15) is 0 Å². The van der Waals surface area contributed by atoms with Crippen LogP contribution in [0, 0.1) is 6.92 Å². The highest BCUT2D eigenvalue weighted by molar-refractivity contribution is 5.34. The van der Waals surface area contributed by atoms with Crippen molar-refractivity contribution in [2.24, 2.45) is 0 Å². The first-order chi connectivity index (χ1) is 5.11. The molecule has 0 bridgehead atoms. The van der Waals surface area contributed by atoms with Gasteiger partial charge in [-0.05, 0) is 6.92 Å². The first-order valence-corrected chi connectivity index (χ1v) is 3.58. The molecule has 0 saturated carbocycles. The van der Waals surface area contributed by atoms with E-state index in [2.05, 4.69) is 15.2 Å². The van der Waals surface area contributed by atoms with Gasteiger partial charge in [0.1, 0.15) is 17.3 Å². The predicted octanol–water partition coefficient (Wildman–Crippen LogP) is 0.886. The minimum atomic E-state index is 0.288. The van der Waals surface area contributed by atoms with Gasteiger partial charge in [-0.25, -0.2) is 4.98 Å². The van der Waals surface area contributed by atoms with Crippen molar-refractivity contribution in [1.29, 1.82) is 0 Å². The van der Waals surface area contributed by atoms with E-state index in [0.29, 0.717) is 11.6 Å². The molecule has 4 heteroatoms. The topological polar surface area (TPSA) is 64.7 Å². The molecule has 0 aromatic carbocycles. The first kappa shape index (κ1) is 7.91. The van der Waals surface area contributed by atoms with E-state index in [9.17, 15) is 0 Å². The monoisotopic (exact) mass is 152 g/mol. The van der Waals surface area contributed by atoms with E-state index in [-0.39, 0.29) is 5.92 Å². The molecular weight excluding hydrogens is 140 g/mol. The summed E-state index contributed by atoms with van der Waals surface area (Å²) in [5, 5.41) is 7.76.